The lowest BCUT2D eigenvalue weighted by molar-refractivity contribution is -0.136. The van der Waals surface area contributed by atoms with Crippen molar-refractivity contribution in [2.45, 2.75) is 20.3 Å². The summed E-state index contributed by atoms with van der Waals surface area (Å²) >= 11 is 0. The van der Waals surface area contributed by atoms with Gasteiger partial charge < -0.3 is 25.6 Å². The quantitative estimate of drug-likeness (QED) is 0.171. The Labute approximate surface area is 145 Å². The maximum absolute atomic E-state index is 10.7. The minimum Gasteiger partial charge on any atom is -0.426 e. The third-order valence-corrected chi connectivity index (χ3v) is 3.07. The Morgan fingerprint density at radius 3 is 2.08 bits per heavy atom. The van der Waals surface area contributed by atoms with Gasteiger partial charge in [-0.2, -0.15) is 0 Å². The van der Waals surface area contributed by atoms with E-state index in [0.717, 1.165) is 0 Å². The molecule has 0 saturated heterocycles. The molecule has 0 unspecified atom stereocenters. The molecule has 5 N–H and O–H groups in total. The Hall–Kier alpha value is -1.50. The number of ether oxygens (including phenoxy) is 1. The zero-order chi connectivity index (χ0) is 19.6. The second kappa shape index (κ2) is 17.8. The maximum atomic E-state index is 10.7. The Morgan fingerprint density at radius 2 is 1.79 bits per heavy atom. The number of carbonyl (C=O) groups is 1. The predicted octanol–water partition coefficient (Wildman–Crippen LogP) is 2.10. The molecule has 0 heterocycles. The molecule has 0 fully saturated rings. The molecule has 7 nitrogen and oxygen atoms in total. The lowest BCUT2D eigenvalue weighted by atomic mass is 10.2. The zero-order valence-corrected chi connectivity index (χ0v) is 15.9. The van der Waals surface area contributed by atoms with Crippen LogP contribution in [0.3, 0.4) is 0 Å². The minimum absolute atomic E-state index is 0.0200. The van der Waals surface area contributed by atoms with Crippen LogP contribution in [0.15, 0.2) is 48.8 Å². The number of rotatable bonds is 8. The van der Waals surface area contributed by atoms with Gasteiger partial charge in [-0.05, 0) is 40.1 Å². The van der Waals surface area contributed by atoms with Gasteiger partial charge in [0, 0.05) is 12.5 Å². The molecule has 0 aromatic carbocycles. The Kier molecular flexibility index (Phi) is 20.3. The van der Waals surface area contributed by atoms with Crippen molar-refractivity contribution in [1.82, 2.24) is 5.32 Å². The third kappa shape index (κ3) is 20.5. The van der Waals surface area contributed by atoms with Crippen LogP contribution < -0.4 is 11.1 Å². The summed E-state index contributed by atoms with van der Waals surface area (Å²) in [6.45, 7) is 11.0. The first-order valence-electron chi connectivity index (χ1n) is 7.29. The summed E-state index contributed by atoms with van der Waals surface area (Å²) in [6.07, 6.45) is 7.16. The number of nitrogens with two attached hydrogens (primary N) is 1. The van der Waals surface area contributed by atoms with Crippen LogP contribution in [0.4, 0.5) is 0 Å². The van der Waals surface area contributed by atoms with Crippen molar-refractivity contribution in [2.24, 2.45) is 5.73 Å². The van der Waals surface area contributed by atoms with E-state index in [1.807, 2.05) is 6.92 Å². The predicted molar refractivity (Wildman–Crippen MR) is 99.6 cm³/mol. The molecule has 24 heavy (non-hydrogen) atoms. The summed E-state index contributed by atoms with van der Waals surface area (Å²) in [7, 11) is -0.486. The molecule has 0 amide bonds. The second-order valence-electron chi connectivity index (χ2n) is 4.17. The summed E-state index contributed by atoms with van der Waals surface area (Å²) in [5.41, 5.74) is 5.20. The van der Waals surface area contributed by atoms with Crippen molar-refractivity contribution in [3.05, 3.63) is 48.8 Å². The summed E-state index contributed by atoms with van der Waals surface area (Å²) in [6, 6.07) is 0. The lowest BCUT2D eigenvalue weighted by Gasteiger charge is -2.04. The molecular formula is C16H31N2O5P. The fraction of sp³-hybridized carbons (Fsp3) is 0.438. The number of allylic oxidation sites excluding steroid dienone is 5. The number of carbonyl (C=O) groups excluding carboxylic acids is 1. The smallest absolute Gasteiger partial charge is 0.325 e. The molecule has 0 aliphatic rings. The fourth-order valence-corrected chi connectivity index (χ4v) is 1.81. The first kappa shape index (κ1) is 27.4. The molecule has 0 aromatic heterocycles. The molecule has 0 atom stereocenters. The van der Waals surface area contributed by atoms with Gasteiger partial charge in [-0.15, -0.1) is 0 Å². The van der Waals surface area contributed by atoms with E-state index < -0.39 is 7.60 Å². The van der Waals surface area contributed by atoms with Crippen LogP contribution in [0.5, 0.6) is 0 Å². The van der Waals surface area contributed by atoms with Crippen LogP contribution in [0.1, 0.15) is 20.3 Å². The highest BCUT2D eigenvalue weighted by Crippen LogP contribution is 2.34. The van der Waals surface area contributed by atoms with E-state index in [1.165, 1.54) is 14.0 Å². The Bertz CT molecular complexity index is 457. The van der Waals surface area contributed by atoms with Gasteiger partial charge in [-0.1, -0.05) is 31.4 Å². The Morgan fingerprint density at radius 1 is 1.29 bits per heavy atom. The van der Waals surface area contributed by atoms with Crippen LogP contribution in [0.2, 0.25) is 0 Å². The van der Waals surface area contributed by atoms with Crippen LogP contribution in [0, 0.1) is 0 Å². The Balaban J connectivity index is -0.000000351. The van der Waals surface area contributed by atoms with Crippen molar-refractivity contribution in [2.75, 3.05) is 26.8 Å². The number of nitrogens with one attached hydrogen (secondary N) is 1. The highest BCUT2D eigenvalue weighted by Gasteiger charge is 2.10. The molecule has 0 bridgehead atoms. The number of hydrogen-bond donors (Lipinski definition) is 4. The van der Waals surface area contributed by atoms with Gasteiger partial charge >= 0.3 is 13.6 Å². The van der Waals surface area contributed by atoms with Crippen LogP contribution in [-0.2, 0) is 14.1 Å². The molecule has 0 radical (unpaired) electrons. The number of esters is 1. The van der Waals surface area contributed by atoms with Crippen LogP contribution in [-0.4, -0.2) is 42.6 Å². The van der Waals surface area contributed by atoms with E-state index in [-0.39, 0.29) is 12.1 Å². The normalized spacial score (nSPS) is 9.79. The molecular weight excluding hydrogens is 331 g/mol. The lowest BCUT2D eigenvalue weighted by Crippen LogP contribution is -2.09. The molecule has 0 spiro atoms. The number of hydrogen-bond acceptors (Lipinski definition) is 5. The molecule has 0 saturated carbocycles. The average Bonchev–Trinajstić information content (AvgIpc) is 2.50. The zero-order valence-electron chi connectivity index (χ0n) is 15.0. The van der Waals surface area contributed by atoms with Crippen LogP contribution >= 0.6 is 7.60 Å². The highest BCUT2D eigenvalue weighted by molar-refractivity contribution is 7.51. The van der Waals surface area contributed by atoms with E-state index in [9.17, 15) is 9.36 Å². The third-order valence-electron chi connectivity index (χ3n) is 2.17. The standard InChI is InChI=1S/C11H14O2.C4H12NO3P.CH5N/c1-5-8-11(13-9(4)12)10(6-2)7-3;1-5-3-2-4-9(6,7)8;1-2/h5-8H,2-3H2,1,4H3;5H,2-4H2,1H3,(H2,6,7,8);2H2,1H3/b8-5-;;. The first-order chi connectivity index (χ1) is 11.2. The van der Waals surface area contributed by atoms with E-state index in [1.54, 1.807) is 31.4 Å². The minimum atomic E-state index is -3.74. The van der Waals surface area contributed by atoms with Gasteiger partial charge in [0.1, 0.15) is 5.76 Å². The fourth-order valence-electron chi connectivity index (χ4n) is 1.24. The van der Waals surface area contributed by atoms with Gasteiger partial charge in [-0.3, -0.25) is 9.36 Å². The van der Waals surface area contributed by atoms with Crippen molar-refractivity contribution in [3.8, 4) is 0 Å². The highest BCUT2D eigenvalue weighted by atomic mass is 31.2. The first-order valence-corrected chi connectivity index (χ1v) is 9.08. The van der Waals surface area contributed by atoms with Gasteiger partial charge in [0.2, 0.25) is 0 Å². The maximum Gasteiger partial charge on any atom is 0.325 e. The second-order valence-corrected chi connectivity index (χ2v) is 5.94. The van der Waals surface area contributed by atoms with Crippen molar-refractivity contribution in [3.63, 3.8) is 0 Å². The molecule has 0 rings (SSSR count). The van der Waals surface area contributed by atoms with Gasteiger partial charge in [0.15, 0.2) is 0 Å². The van der Waals surface area contributed by atoms with E-state index in [0.29, 0.717) is 24.3 Å². The monoisotopic (exact) mass is 362 g/mol. The summed E-state index contributed by atoms with van der Waals surface area (Å²) in [5, 5.41) is 2.80. The average molecular weight is 362 g/mol. The van der Waals surface area contributed by atoms with Crippen molar-refractivity contribution in [1.29, 1.82) is 0 Å². The van der Waals surface area contributed by atoms with E-state index in [2.05, 4.69) is 24.2 Å². The topological polar surface area (TPSA) is 122 Å². The molecule has 0 aliphatic carbocycles. The van der Waals surface area contributed by atoms with Gasteiger partial charge in [0.05, 0.1) is 6.16 Å². The van der Waals surface area contributed by atoms with Crippen molar-refractivity contribution < 1.29 is 23.9 Å². The van der Waals surface area contributed by atoms with Gasteiger partial charge in [-0.25, -0.2) is 0 Å². The largest absolute Gasteiger partial charge is 0.426 e. The van der Waals surface area contributed by atoms with E-state index >= 15 is 0 Å². The molecule has 0 aliphatic heterocycles. The van der Waals surface area contributed by atoms with Gasteiger partial charge in [0.25, 0.3) is 0 Å². The molecule has 8 heteroatoms. The summed E-state index contributed by atoms with van der Waals surface area (Å²) in [5.74, 6) is 0.120. The molecule has 140 valence electrons. The summed E-state index contributed by atoms with van der Waals surface area (Å²) < 4.78 is 15.1. The van der Waals surface area contributed by atoms with E-state index in [4.69, 9.17) is 14.5 Å². The molecule has 0 aromatic rings. The summed E-state index contributed by atoms with van der Waals surface area (Å²) in [4.78, 5) is 27.4. The van der Waals surface area contributed by atoms with Crippen LogP contribution in [0.25, 0.3) is 0 Å². The van der Waals surface area contributed by atoms with Crippen molar-refractivity contribution >= 4 is 13.6 Å². The SMILES string of the molecule is C=CC(C=C)=C(/C=C\C)OC(C)=O.CN.CNCCCP(=O)(O)O.